The highest BCUT2D eigenvalue weighted by Gasteiger charge is 2.34. The minimum atomic E-state index is -0.125. The van der Waals surface area contributed by atoms with Crippen LogP contribution in [0.4, 0.5) is 5.69 Å². The van der Waals surface area contributed by atoms with E-state index in [1.807, 2.05) is 0 Å². The summed E-state index contributed by atoms with van der Waals surface area (Å²) in [5.74, 6) is 0.488. The van der Waals surface area contributed by atoms with Crippen molar-refractivity contribution in [3.63, 3.8) is 0 Å². The maximum atomic E-state index is 11.6. The number of phenolic OH excluding ortho intramolecular Hbond substituents is 1. The number of phenols is 1. The van der Waals surface area contributed by atoms with E-state index in [2.05, 4.69) is 112 Å². The van der Waals surface area contributed by atoms with Crippen molar-refractivity contribution in [3.05, 3.63) is 52.6 Å². The summed E-state index contributed by atoms with van der Waals surface area (Å²) >= 11 is 0. The highest BCUT2D eigenvalue weighted by Crippen LogP contribution is 2.52. The van der Waals surface area contributed by atoms with Gasteiger partial charge in [-0.15, -0.1) is 0 Å². The van der Waals surface area contributed by atoms with Crippen molar-refractivity contribution < 1.29 is 5.11 Å². The first-order chi connectivity index (χ1) is 14.1. The highest BCUT2D eigenvalue weighted by molar-refractivity contribution is 7.49. The van der Waals surface area contributed by atoms with Gasteiger partial charge in [-0.2, -0.15) is 0 Å². The van der Waals surface area contributed by atoms with Gasteiger partial charge >= 0.3 is 0 Å². The third-order valence-electron chi connectivity index (χ3n) is 6.17. The van der Waals surface area contributed by atoms with Gasteiger partial charge in [-0.25, -0.2) is 0 Å². The Morgan fingerprint density at radius 1 is 0.871 bits per heavy atom. The largest absolute Gasteiger partial charge is 0.507 e. The van der Waals surface area contributed by atoms with E-state index in [1.165, 1.54) is 22.1 Å². The summed E-state index contributed by atoms with van der Waals surface area (Å²) in [7, 11) is 4.82. The van der Waals surface area contributed by atoms with Crippen LogP contribution in [0.25, 0.3) is 0 Å². The number of aromatic hydroxyl groups is 1. The average Bonchev–Trinajstić information content (AvgIpc) is 2.61. The second-order valence-electron chi connectivity index (χ2n) is 11.5. The minimum Gasteiger partial charge on any atom is -0.507 e. The summed E-state index contributed by atoms with van der Waals surface area (Å²) in [6.45, 7) is 20.1. The molecule has 0 aromatic heterocycles. The summed E-state index contributed by atoms with van der Waals surface area (Å²) in [6.07, 6.45) is 2.12. The van der Waals surface area contributed by atoms with Gasteiger partial charge in [0.15, 0.2) is 0 Å². The fourth-order valence-electron chi connectivity index (χ4n) is 4.24. The van der Waals surface area contributed by atoms with E-state index in [0.717, 1.165) is 24.0 Å². The van der Waals surface area contributed by atoms with Crippen molar-refractivity contribution in [1.82, 2.24) is 0 Å². The van der Waals surface area contributed by atoms with Crippen molar-refractivity contribution in [2.75, 3.05) is 19.0 Å². The van der Waals surface area contributed by atoms with Crippen LogP contribution in [0, 0.1) is 6.92 Å². The molecule has 0 aliphatic heterocycles. The number of anilines is 1. The number of aryl methyl sites for hydroxylation is 1. The van der Waals surface area contributed by atoms with Crippen LogP contribution in [0.3, 0.4) is 0 Å². The first-order valence-corrected chi connectivity index (χ1v) is 12.5. The molecule has 0 amide bonds. The van der Waals surface area contributed by atoms with Gasteiger partial charge in [0.25, 0.3) is 0 Å². The lowest BCUT2D eigenvalue weighted by Crippen LogP contribution is -2.25. The molecule has 2 aromatic rings. The minimum absolute atomic E-state index is 0.0251. The first kappa shape index (κ1) is 25.7. The van der Waals surface area contributed by atoms with Crippen LogP contribution in [0.15, 0.2) is 30.3 Å². The summed E-state index contributed by atoms with van der Waals surface area (Å²) < 4.78 is 0. The molecule has 2 atom stereocenters. The van der Waals surface area contributed by atoms with Crippen LogP contribution >= 0.6 is 8.58 Å². The molecule has 2 rings (SSSR count). The van der Waals surface area contributed by atoms with Crippen molar-refractivity contribution in [2.24, 2.45) is 0 Å². The Labute approximate surface area is 193 Å². The lowest BCUT2D eigenvalue weighted by Gasteiger charge is -2.36. The van der Waals surface area contributed by atoms with Gasteiger partial charge in [-0.1, -0.05) is 94.7 Å². The van der Waals surface area contributed by atoms with Gasteiger partial charge in [-0.05, 0) is 52.2 Å². The molecular weight excluding hydrogens is 397 g/mol. The predicted molar refractivity (Wildman–Crippen MR) is 141 cm³/mol. The molecular formula is C28H44NOP. The number of nitrogens with zero attached hydrogens (tertiary/aromatic N) is 1. The zero-order chi connectivity index (χ0) is 23.8. The SMILES string of the molecule is CCCC(C)(Pc1ccc(C)cc1N(C)C)c1cc(C(C)(C)C)cc(C(C)(C)C)c1O. The number of rotatable bonds is 6. The fourth-order valence-corrected chi connectivity index (χ4v) is 6.12. The molecule has 0 aliphatic rings. The van der Waals surface area contributed by atoms with Crippen LogP contribution in [0.2, 0.25) is 0 Å². The molecule has 31 heavy (non-hydrogen) atoms. The topological polar surface area (TPSA) is 23.5 Å². The first-order valence-electron chi connectivity index (χ1n) is 11.5. The molecule has 0 saturated heterocycles. The van der Waals surface area contributed by atoms with Crippen LogP contribution < -0.4 is 10.2 Å². The van der Waals surface area contributed by atoms with E-state index in [0.29, 0.717) is 14.3 Å². The third kappa shape index (κ3) is 5.83. The molecule has 0 fully saturated rings. The quantitative estimate of drug-likeness (QED) is 0.473. The Morgan fingerprint density at radius 2 is 1.45 bits per heavy atom. The number of benzene rings is 2. The van der Waals surface area contributed by atoms with Crippen molar-refractivity contribution in [1.29, 1.82) is 0 Å². The zero-order valence-corrected chi connectivity index (χ0v) is 22.7. The molecule has 0 saturated carbocycles. The van der Waals surface area contributed by atoms with Crippen LogP contribution in [-0.4, -0.2) is 19.2 Å². The summed E-state index contributed by atoms with van der Waals surface area (Å²) in [5, 5.41) is 12.8. The molecule has 0 bridgehead atoms. The van der Waals surface area contributed by atoms with Crippen LogP contribution in [0.1, 0.15) is 90.5 Å². The van der Waals surface area contributed by atoms with E-state index in [4.69, 9.17) is 0 Å². The Bertz CT molecular complexity index is 918. The van der Waals surface area contributed by atoms with E-state index in [-0.39, 0.29) is 16.0 Å². The van der Waals surface area contributed by atoms with Crippen molar-refractivity contribution >= 4 is 19.6 Å². The smallest absolute Gasteiger partial charge is 0.123 e. The van der Waals surface area contributed by atoms with Gasteiger partial charge in [0.05, 0.1) is 0 Å². The monoisotopic (exact) mass is 441 g/mol. The predicted octanol–water partition coefficient (Wildman–Crippen LogP) is 7.38. The Kier molecular flexibility index (Phi) is 7.59. The van der Waals surface area contributed by atoms with Crippen LogP contribution in [-0.2, 0) is 16.0 Å². The molecule has 2 nitrogen and oxygen atoms in total. The third-order valence-corrected chi connectivity index (χ3v) is 7.94. The normalized spacial score (nSPS) is 14.8. The zero-order valence-electron chi connectivity index (χ0n) is 21.7. The van der Waals surface area contributed by atoms with Gasteiger partial charge in [0.2, 0.25) is 0 Å². The molecule has 2 unspecified atom stereocenters. The maximum absolute atomic E-state index is 11.6. The lowest BCUT2D eigenvalue weighted by molar-refractivity contribution is 0.426. The fraction of sp³-hybridized carbons (Fsp3) is 0.571. The standard InChI is InChI=1S/C28H44NOP/c1-12-15-28(9,31-24-14-13-19(2)16-23(24)29(10)11)22-18-20(26(3,4)5)17-21(25(22)30)27(6,7)8/h13-14,16-18,30-31H,12,15H2,1-11H3. The van der Waals surface area contributed by atoms with Crippen LogP contribution in [0.5, 0.6) is 5.75 Å². The maximum Gasteiger partial charge on any atom is 0.123 e. The Balaban J connectivity index is 2.76. The molecule has 0 spiro atoms. The molecule has 0 heterocycles. The van der Waals surface area contributed by atoms with E-state index in [9.17, 15) is 5.11 Å². The highest BCUT2D eigenvalue weighted by atomic mass is 31.1. The van der Waals surface area contributed by atoms with Gasteiger partial charge < -0.3 is 10.0 Å². The molecule has 2 aromatic carbocycles. The van der Waals surface area contributed by atoms with E-state index >= 15 is 0 Å². The molecule has 1 N–H and O–H groups in total. The average molecular weight is 442 g/mol. The number of hydrogen-bond acceptors (Lipinski definition) is 2. The van der Waals surface area contributed by atoms with E-state index in [1.54, 1.807) is 0 Å². The van der Waals surface area contributed by atoms with Gasteiger partial charge in [-0.3, -0.25) is 0 Å². The van der Waals surface area contributed by atoms with Crippen molar-refractivity contribution in [3.8, 4) is 5.75 Å². The Morgan fingerprint density at radius 3 is 1.94 bits per heavy atom. The summed E-state index contributed by atoms with van der Waals surface area (Å²) in [5.41, 5.74) is 5.93. The second-order valence-corrected chi connectivity index (χ2v) is 13.4. The molecule has 172 valence electrons. The van der Waals surface area contributed by atoms with Crippen molar-refractivity contribution in [2.45, 2.75) is 91.1 Å². The second kappa shape index (κ2) is 9.14. The molecule has 0 aliphatic carbocycles. The lowest BCUT2D eigenvalue weighted by atomic mass is 9.77. The Hall–Kier alpha value is -1.53. The molecule has 3 heteroatoms. The van der Waals surface area contributed by atoms with E-state index < -0.39 is 0 Å². The number of hydrogen-bond donors (Lipinski definition) is 1. The molecule has 0 radical (unpaired) electrons. The van der Waals surface area contributed by atoms with Gasteiger partial charge in [0.1, 0.15) is 5.75 Å². The summed E-state index contributed by atoms with van der Waals surface area (Å²) in [4.78, 5) is 2.22. The summed E-state index contributed by atoms with van der Waals surface area (Å²) in [6, 6.07) is 11.3. The van der Waals surface area contributed by atoms with Gasteiger partial charge in [0, 0.05) is 30.5 Å².